The standard InChI is InChI=1S/C19H21FN4OS/c1-18(2)13-8-9-19(18,3)16-15(13)23-24-17(22-16)26-10-14(25)21-12-6-4-11(20)5-7-12/h4-7,13H,8-10H2,1-3H3,(H,21,25)/t13-,19-/m1/s1. The molecule has 1 aromatic heterocycles. The lowest BCUT2D eigenvalue weighted by Gasteiger charge is -2.33. The molecule has 1 fully saturated rings. The number of rotatable bonds is 4. The quantitative estimate of drug-likeness (QED) is 0.824. The van der Waals surface area contributed by atoms with Gasteiger partial charge >= 0.3 is 0 Å². The lowest BCUT2D eigenvalue weighted by molar-refractivity contribution is -0.113. The molecule has 26 heavy (non-hydrogen) atoms. The molecule has 2 aliphatic carbocycles. The Kier molecular flexibility index (Phi) is 4.02. The summed E-state index contributed by atoms with van der Waals surface area (Å²) in [5, 5.41) is 11.9. The third-order valence-corrected chi connectivity index (χ3v) is 7.07. The predicted octanol–water partition coefficient (Wildman–Crippen LogP) is 3.92. The second-order valence-electron chi connectivity index (χ2n) is 7.82. The molecule has 7 heteroatoms. The normalized spacial score (nSPS) is 25.2. The number of hydrogen-bond donors (Lipinski definition) is 1. The van der Waals surface area contributed by atoms with E-state index in [4.69, 9.17) is 4.98 Å². The van der Waals surface area contributed by atoms with Gasteiger partial charge in [-0.3, -0.25) is 4.79 Å². The summed E-state index contributed by atoms with van der Waals surface area (Å²) in [5.41, 5.74) is 2.81. The summed E-state index contributed by atoms with van der Waals surface area (Å²) in [7, 11) is 0. The Bertz CT molecular complexity index is 870. The SMILES string of the molecule is CC1(C)[C@@H]2CC[C@]1(C)c1nc(SCC(=O)Nc3ccc(F)cc3)nnc12. The van der Waals surface area contributed by atoms with Crippen LogP contribution in [0.2, 0.25) is 0 Å². The fourth-order valence-corrected chi connectivity index (χ4v) is 4.87. The lowest BCUT2D eigenvalue weighted by Crippen LogP contribution is -2.32. The van der Waals surface area contributed by atoms with Gasteiger partial charge in [0.05, 0.1) is 17.1 Å². The van der Waals surface area contributed by atoms with Crippen LogP contribution < -0.4 is 5.32 Å². The number of carbonyl (C=O) groups excluding carboxylic acids is 1. The van der Waals surface area contributed by atoms with E-state index >= 15 is 0 Å². The van der Waals surface area contributed by atoms with Gasteiger partial charge in [0.2, 0.25) is 11.1 Å². The van der Waals surface area contributed by atoms with Gasteiger partial charge < -0.3 is 5.32 Å². The topological polar surface area (TPSA) is 67.8 Å². The van der Waals surface area contributed by atoms with Crippen LogP contribution in [0.15, 0.2) is 29.4 Å². The van der Waals surface area contributed by atoms with Gasteiger partial charge in [-0.1, -0.05) is 32.5 Å². The van der Waals surface area contributed by atoms with Crippen molar-refractivity contribution in [3.05, 3.63) is 41.5 Å². The molecular weight excluding hydrogens is 351 g/mol. The molecule has 0 spiro atoms. The minimum atomic E-state index is -0.333. The highest BCUT2D eigenvalue weighted by molar-refractivity contribution is 7.99. The van der Waals surface area contributed by atoms with Crippen molar-refractivity contribution in [2.45, 2.75) is 50.1 Å². The highest BCUT2D eigenvalue weighted by Gasteiger charge is 2.61. The van der Waals surface area contributed by atoms with E-state index in [0.717, 1.165) is 24.2 Å². The molecule has 1 N–H and O–H groups in total. The van der Waals surface area contributed by atoms with E-state index in [9.17, 15) is 9.18 Å². The van der Waals surface area contributed by atoms with Crippen LogP contribution in [0.25, 0.3) is 0 Å². The van der Waals surface area contributed by atoms with E-state index in [1.807, 2.05) is 0 Å². The number of aromatic nitrogens is 3. The molecule has 0 saturated heterocycles. The Morgan fingerprint density at radius 2 is 2.00 bits per heavy atom. The summed E-state index contributed by atoms with van der Waals surface area (Å²) in [6.07, 6.45) is 2.25. The number of halogens is 1. The Morgan fingerprint density at radius 1 is 1.27 bits per heavy atom. The summed E-state index contributed by atoms with van der Waals surface area (Å²) < 4.78 is 12.9. The van der Waals surface area contributed by atoms with Crippen molar-refractivity contribution >= 4 is 23.4 Å². The van der Waals surface area contributed by atoms with E-state index in [1.54, 1.807) is 0 Å². The van der Waals surface area contributed by atoms with Crippen molar-refractivity contribution < 1.29 is 9.18 Å². The van der Waals surface area contributed by atoms with Gasteiger partial charge in [-0.15, -0.1) is 5.10 Å². The van der Waals surface area contributed by atoms with Gasteiger partial charge in [0, 0.05) is 17.0 Å². The van der Waals surface area contributed by atoms with Crippen LogP contribution in [0.5, 0.6) is 0 Å². The van der Waals surface area contributed by atoms with Crippen LogP contribution in [0.3, 0.4) is 0 Å². The van der Waals surface area contributed by atoms with Crippen LogP contribution in [0.4, 0.5) is 10.1 Å². The first kappa shape index (κ1) is 17.4. The molecule has 0 aliphatic heterocycles. The minimum absolute atomic E-state index is 0.0224. The third kappa shape index (κ3) is 2.60. The van der Waals surface area contributed by atoms with Crippen molar-refractivity contribution in [1.29, 1.82) is 0 Å². The second-order valence-corrected chi connectivity index (χ2v) is 8.76. The van der Waals surface area contributed by atoms with Crippen LogP contribution in [0.1, 0.15) is 50.9 Å². The molecule has 0 unspecified atom stereocenters. The fraction of sp³-hybridized carbons (Fsp3) is 0.474. The first-order chi connectivity index (χ1) is 12.3. The van der Waals surface area contributed by atoms with Crippen LogP contribution in [-0.2, 0) is 10.2 Å². The number of nitrogens with one attached hydrogen (secondary N) is 1. The monoisotopic (exact) mass is 372 g/mol. The maximum absolute atomic E-state index is 12.9. The molecule has 2 aliphatic rings. The number of benzene rings is 1. The largest absolute Gasteiger partial charge is 0.325 e. The van der Waals surface area contributed by atoms with Crippen LogP contribution in [-0.4, -0.2) is 26.8 Å². The zero-order chi connectivity index (χ0) is 18.5. The van der Waals surface area contributed by atoms with Crippen LogP contribution in [0, 0.1) is 11.2 Å². The van der Waals surface area contributed by atoms with E-state index in [-0.39, 0.29) is 28.3 Å². The summed E-state index contributed by atoms with van der Waals surface area (Å²) in [6.45, 7) is 6.84. The Labute approximate surface area is 156 Å². The van der Waals surface area contributed by atoms with Crippen molar-refractivity contribution in [3.8, 4) is 0 Å². The van der Waals surface area contributed by atoms with E-state index in [0.29, 0.717) is 16.8 Å². The smallest absolute Gasteiger partial charge is 0.234 e. The number of thioether (sulfide) groups is 1. The molecule has 1 saturated carbocycles. The van der Waals surface area contributed by atoms with Gasteiger partial charge in [0.25, 0.3) is 0 Å². The highest BCUT2D eigenvalue weighted by atomic mass is 32.2. The Hall–Kier alpha value is -2.02. The average molecular weight is 372 g/mol. The third-order valence-electron chi connectivity index (χ3n) is 6.23. The molecule has 1 heterocycles. The number of anilines is 1. The number of amides is 1. The molecule has 136 valence electrons. The Morgan fingerprint density at radius 3 is 2.73 bits per heavy atom. The van der Waals surface area contributed by atoms with Gasteiger partial charge in [-0.2, -0.15) is 5.10 Å². The van der Waals surface area contributed by atoms with Crippen LogP contribution >= 0.6 is 11.8 Å². The number of carbonyl (C=O) groups is 1. The summed E-state index contributed by atoms with van der Waals surface area (Å²) in [4.78, 5) is 16.9. The zero-order valence-corrected chi connectivity index (χ0v) is 15.9. The minimum Gasteiger partial charge on any atom is -0.325 e. The molecule has 1 aromatic carbocycles. The van der Waals surface area contributed by atoms with Crippen molar-refractivity contribution in [3.63, 3.8) is 0 Å². The fourth-order valence-electron chi connectivity index (χ4n) is 4.28. The van der Waals surface area contributed by atoms with Crippen molar-refractivity contribution in [2.75, 3.05) is 11.1 Å². The highest BCUT2D eigenvalue weighted by Crippen LogP contribution is 2.66. The van der Waals surface area contributed by atoms with E-state index in [1.165, 1.54) is 36.0 Å². The van der Waals surface area contributed by atoms with E-state index < -0.39 is 0 Å². The van der Waals surface area contributed by atoms with Crippen molar-refractivity contribution in [2.24, 2.45) is 5.41 Å². The second kappa shape index (κ2) is 6.01. The lowest BCUT2D eigenvalue weighted by atomic mass is 9.70. The first-order valence-electron chi connectivity index (χ1n) is 8.74. The molecule has 2 atom stereocenters. The molecule has 2 bridgehead atoms. The first-order valence-corrected chi connectivity index (χ1v) is 9.73. The van der Waals surface area contributed by atoms with Gasteiger partial charge in [0.1, 0.15) is 5.82 Å². The molecule has 0 radical (unpaired) electrons. The molecule has 4 rings (SSSR count). The molecular formula is C19H21FN4OS. The molecule has 2 aromatic rings. The molecule has 5 nitrogen and oxygen atoms in total. The van der Waals surface area contributed by atoms with E-state index in [2.05, 4.69) is 36.3 Å². The summed E-state index contributed by atoms with van der Waals surface area (Å²) >= 11 is 1.27. The number of hydrogen-bond acceptors (Lipinski definition) is 5. The summed E-state index contributed by atoms with van der Waals surface area (Å²) in [6, 6.07) is 5.69. The molecule has 1 amide bonds. The number of fused-ring (bicyclic) bond motifs is 5. The van der Waals surface area contributed by atoms with Gasteiger partial charge in [0.15, 0.2) is 0 Å². The predicted molar refractivity (Wildman–Crippen MR) is 98.7 cm³/mol. The number of nitrogens with zero attached hydrogens (tertiary/aromatic N) is 3. The maximum atomic E-state index is 12.9. The average Bonchev–Trinajstić information content (AvgIpc) is 2.94. The van der Waals surface area contributed by atoms with Gasteiger partial charge in [-0.25, -0.2) is 9.37 Å². The van der Waals surface area contributed by atoms with Crippen molar-refractivity contribution in [1.82, 2.24) is 15.2 Å². The Balaban J connectivity index is 1.45. The maximum Gasteiger partial charge on any atom is 0.234 e. The van der Waals surface area contributed by atoms with Gasteiger partial charge in [-0.05, 0) is 42.5 Å². The summed E-state index contributed by atoms with van der Waals surface area (Å²) in [5.74, 6) is 0.0873. The zero-order valence-electron chi connectivity index (χ0n) is 15.0.